The molecule has 0 fully saturated rings. The monoisotopic (exact) mass is 114 g/mol. The predicted molar refractivity (Wildman–Crippen MR) is 27.5 cm³/mol. The maximum Gasteiger partial charge on any atom is 0.194 e. The van der Waals surface area contributed by atoms with Gasteiger partial charge in [0.1, 0.15) is 0 Å². The SMILES string of the molecule is COc1cn[c]s1. The van der Waals surface area contributed by atoms with Crippen molar-refractivity contribution in [1.29, 1.82) is 0 Å². The summed E-state index contributed by atoms with van der Waals surface area (Å²) in [6, 6.07) is 0. The minimum absolute atomic E-state index is 0.806. The largest absolute Gasteiger partial charge is 0.486 e. The van der Waals surface area contributed by atoms with Gasteiger partial charge in [-0.25, -0.2) is 4.98 Å². The van der Waals surface area contributed by atoms with Crippen LogP contribution >= 0.6 is 11.3 Å². The van der Waals surface area contributed by atoms with Crippen LogP contribution in [0.2, 0.25) is 0 Å². The van der Waals surface area contributed by atoms with Crippen LogP contribution in [-0.2, 0) is 0 Å². The van der Waals surface area contributed by atoms with Gasteiger partial charge in [-0.2, -0.15) is 0 Å². The molecule has 1 heterocycles. The van der Waals surface area contributed by atoms with Crippen molar-refractivity contribution in [3.63, 3.8) is 0 Å². The van der Waals surface area contributed by atoms with E-state index in [2.05, 4.69) is 10.5 Å². The summed E-state index contributed by atoms with van der Waals surface area (Å²) in [5.74, 6) is 0. The van der Waals surface area contributed by atoms with Crippen molar-refractivity contribution in [1.82, 2.24) is 4.98 Å². The molecule has 0 saturated heterocycles. The summed E-state index contributed by atoms with van der Waals surface area (Å²) < 4.78 is 4.78. The highest BCUT2D eigenvalue weighted by molar-refractivity contribution is 7.11. The molecule has 37 valence electrons. The fourth-order valence-electron chi connectivity index (χ4n) is 0.271. The molecule has 0 aliphatic heterocycles. The summed E-state index contributed by atoms with van der Waals surface area (Å²) in [6.07, 6.45) is 1.63. The number of thiazole rings is 1. The number of hydrogen-bond donors (Lipinski definition) is 0. The third kappa shape index (κ3) is 0.899. The first kappa shape index (κ1) is 4.59. The summed E-state index contributed by atoms with van der Waals surface area (Å²) in [6.45, 7) is 0. The summed E-state index contributed by atoms with van der Waals surface area (Å²) in [7, 11) is 1.61. The van der Waals surface area contributed by atoms with Gasteiger partial charge >= 0.3 is 0 Å². The van der Waals surface area contributed by atoms with E-state index in [1.165, 1.54) is 11.3 Å². The van der Waals surface area contributed by atoms with Crippen LogP contribution in [0.15, 0.2) is 6.20 Å². The Balaban J connectivity index is 2.76. The van der Waals surface area contributed by atoms with E-state index in [0.717, 1.165) is 5.06 Å². The highest BCUT2D eigenvalue weighted by Crippen LogP contribution is 2.12. The molecule has 0 spiro atoms. The second-order valence-corrected chi connectivity index (χ2v) is 1.76. The van der Waals surface area contributed by atoms with Gasteiger partial charge in [-0.3, -0.25) is 0 Å². The molecular formula is C4H4NOS. The van der Waals surface area contributed by atoms with E-state index in [0.29, 0.717) is 0 Å². The maximum absolute atomic E-state index is 4.78. The minimum atomic E-state index is 0.806. The Morgan fingerprint density at radius 1 is 2.00 bits per heavy atom. The average Bonchev–Trinajstić information content (AvgIpc) is 2.14. The molecule has 0 atom stereocenters. The third-order valence-electron chi connectivity index (χ3n) is 0.570. The molecule has 1 radical (unpaired) electrons. The van der Waals surface area contributed by atoms with Crippen molar-refractivity contribution in [3.8, 4) is 5.06 Å². The standard InChI is InChI=1S/C4H4NOS/c1-6-4-2-5-3-7-4/h2H,1H3. The molecule has 0 bridgehead atoms. The molecule has 0 amide bonds. The average molecular weight is 114 g/mol. The molecule has 0 aliphatic rings. The lowest BCUT2D eigenvalue weighted by atomic mass is 10.9. The number of methoxy groups -OCH3 is 1. The lowest BCUT2D eigenvalue weighted by Gasteiger charge is -1.84. The van der Waals surface area contributed by atoms with Crippen molar-refractivity contribution >= 4 is 11.3 Å². The summed E-state index contributed by atoms with van der Waals surface area (Å²) in [4.78, 5) is 3.66. The molecule has 0 saturated carbocycles. The first-order valence-corrected chi connectivity index (χ1v) is 2.61. The van der Waals surface area contributed by atoms with Crippen LogP contribution in [0, 0.1) is 5.51 Å². The van der Waals surface area contributed by atoms with Gasteiger partial charge < -0.3 is 4.74 Å². The molecule has 0 aliphatic carbocycles. The first-order chi connectivity index (χ1) is 3.43. The molecule has 2 nitrogen and oxygen atoms in total. The predicted octanol–water partition coefficient (Wildman–Crippen LogP) is 0.952. The molecular weight excluding hydrogens is 110 g/mol. The molecule has 0 N–H and O–H groups in total. The number of aromatic nitrogens is 1. The van der Waals surface area contributed by atoms with Crippen LogP contribution in [0.1, 0.15) is 0 Å². The summed E-state index contributed by atoms with van der Waals surface area (Å²) >= 11 is 1.36. The van der Waals surface area contributed by atoms with Gasteiger partial charge in [0.15, 0.2) is 10.6 Å². The van der Waals surface area contributed by atoms with Crippen LogP contribution in [0.5, 0.6) is 5.06 Å². The van der Waals surface area contributed by atoms with E-state index in [9.17, 15) is 0 Å². The van der Waals surface area contributed by atoms with E-state index in [1.807, 2.05) is 0 Å². The summed E-state index contributed by atoms with van der Waals surface area (Å²) in [5, 5.41) is 0.806. The van der Waals surface area contributed by atoms with Gasteiger partial charge in [0.25, 0.3) is 0 Å². The van der Waals surface area contributed by atoms with Gasteiger partial charge in [-0.1, -0.05) is 11.3 Å². The zero-order valence-corrected chi connectivity index (χ0v) is 4.66. The van der Waals surface area contributed by atoms with Gasteiger partial charge in [0.2, 0.25) is 0 Å². The van der Waals surface area contributed by atoms with Crippen LogP contribution in [0.25, 0.3) is 0 Å². The highest BCUT2D eigenvalue weighted by atomic mass is 32.1. The third-order valence-corrected chi connectivity index (χ3v) is 1.24. The Kier molecular flexibility index (Phi) is 1.26. The van der Waals surface area contributed by atoms with Crippen LogP contribution in [0.4, 0.5) is 0 Å². The molecule has 1 aromatic heterocycles. The quantitative estimate of drug-likeness (QED) is 0.542. The normalized spacial score (nSPS) is 8.71. The van der Waals surface area contributed by atoms with E-state index in [4.69, 9.17) is 4.74 Å². The lowest BCUT2D eigenvalue weighted by molar-refractivity contribution is 0.426. The van der Waals surface area contributed by atoms with Crippen molar-refractivity contribution in [3.05, 3.63) is 11.7 Å². The molecule has 1 aromatic rings. The molecule has 1 rings (SSSR count). The Labute approximate surface area is 45.8 Å². The topological polar surface area (TPSA) is 22.1 Å². The molecule has 7 heavy (non-hydrogen) atoms. The van der Waals surface area contributed by atoms with E-state index in [-0.39, 0.29) is 0 Å². The number of nitrogens with zero attached hydrogens (tertiary/aromatic N) is 1. The maximum atomic E-state index is 4.78. The van der Waals surface area contributed by atoms with E-state index in [1.54, 1.807) is 13.3 Å². The second-order valence-electron chi connectivity index (χ2n) is 0.975. The van der Waals surface area contributed by atoms with Crippen molar-refractivity contribution in [2.45, 2.75) is 0 Å². The Morgan fingerprint density at radius 2 is 2.86 bits per heavy atom. The zero-order valence-electron chi connectivity index (χ0n) is 3.84. The number of hydrogen-bond acceptors (Lipinski definition) is 3. The summed E-state index contributed by atoms with van der Waals surface area (Å²) in [5.41, 5.74) is 2.65. The Hall–Kier alpha value is -0.570. The first-order valence-electron chi connectivity index (χ1n) is 1.79. The van der Waals surface area contributed by atoms with Crippen LogP contribution in [0.3, 0.4) is 0 Å². The van der Waals surface area contributed by atoms with Crippen LogP contribution in [-0.4, -0.2) is 12.1 Å². The minimum Gasteiger partial charge on any atom is -0.486 e. The molecule has 0 aromatic carbocycles. The van der Waals surface area contributed by atoms with Gasteiger partial charge in [0.05, 0.1) is 13.3 Å². The highest BCUT2D eigenvalue weighted by Gasteiger charge is 1.85. The Morgan fingerprint density at radius 3 is 3.14 bits per heavy atom. The van der Waals surface area contributed by atoms with Crippen LogP contribution < -0.4 is 4.74 Å². The van der Waals surface area contributed by atoms with Crippen molar-refractivity contribution in [2.24, 2.45) is 0 Å². The number of ether oxygens (including phenoxy) is 1. The molecule has 0 unspecified atom stereocenters. The van der Waals surface area contributed by atoms with Gasteiger partial charge in [-0.15, -0.1) is 0 Å². The number of rotatable bonds is 1. The molecule has 3 heteroatoms. The van der Waals surface area contributed by atoms with Crippen molar-refractivity contribution in [2.75, 3.05) is 7.11 Å². The fourth-order valence-corrected chi connectivity index (χ4v) is 0.655. The van der Waals surface area contributed by atoms with E-state index < -0.39 is 0 Å². The van der Waals surface area contributed by atoms with Crippen molar-refractivity contribution < 1.29 is 4.74 Å². The zero-order chi connectivity index (χ0) is 5.11. The van der Waals surface area contributed by atoms with Gasteiger partial charge in [-0.05, 0) is 0 Å². The second kappa shape index (κ2) is 1.93. The van der Waals surface area contributed by atoms with Gasteiger partial charge in [0, 0.05) is 0 Å². The Bertz CT molecular complexity index is 126. The van der Waals surface area contributed by atoms with E-state index >= 15 is 0 Å². The smallest absolute Gasteiger partial charge is 0.194 e. The lowest BCUT2D eigenvalue weighted by Crippen LogP contribution is -1.73. The fraction of sp³-hybridized carbons (Fsp3) is 0.250.